The van der Waals surface area contributed by atoms with Crippen LogP contribution in [0.2, 0.25) is 0 Å². The van der Waals surface area contributed by atoms with E-state index in [1.54, 1.807) is 0 Å². The molecule has 0 aliphatic heterocycles. The lowest BCUT2D eigenvalue weighted by Gasteiger charge is -2.15. The van der Waals surface area contributed by atoms with Crippen molar-refractivity contribution in [1.29, 1.82) is 0 Å². The molecule has 3 nitrogen and oxygen atoms in total. The van der Waals surface area contributed by atoms with Gasteiger partial charge in [-0.2, -0.15) is 0 Å². The number of esters is 1. The molecule has 0 heterocycles. The van der Waals surface area contributed by atoms with E-state index in [9.17, 15) is 13.6 Å². The Morgan fingerprint density at radius 3 is 2.37 bits per heavy atom. The molecule has 104 valence electrons. The first-order valence-electron chi connectivity index (χ1n) is 6.53. The fourth-order valence-electron chi connectivity index (χ4n) is 2.29. The van der Waals surface area contributed by atoms with Crippen LogP contribution in [0.25, 0.3) is 0 Å². The minimum atomic E-state index is -0.850. The van der Waals surface area contributed by atoms with Gasteiger partial charge in [0.15, 0.2) is 0 Å². The highest BCUT2D eigenvalue weighted by Crippen LogP contribution is 2.23. The molecular formula is C14H17F2NO2. The maximum atomic E-state index is 13.6. The molecule has 5 heteroatoms. The zero-order valence-electron chi connectivity index (χ0n) is 10.6. The highest BCUT2D eigenvalue weighted by molar-refractivity contribution is 5.90. The standard InChI is InChI=1S/C14H17F2NO2/c15-11-8-13(17)12(16)7-10(11)14(18)19-9-5-3-1-2-4-6-9/h7-9H,1-6,17H2. The van der Waals surface area contributed by atoms with Gasteiger partial charge in [0.1, 0.15) is 17.7 Å². The summed E-state index contributed by atoms with van der Waals surface area (Å²) in [5, 5.41) is 0. The number of anilines is 1. The van der Waals surface area contributed by atoms with Gasteiger partial charge in [-0.25, -0.2) is 13.6 Å². The molecular weight excluding hydrogens is 252 g/mol. The van der Waals surface area contributed by atoms with Gasteiger partial charge in [0.05, 0.1) is 11.3 Å². The van der Waals surface area contributed by atoms with Crippen LogP contribution in [0.3, 0.4) is 0 Å². The van der Waals surface area contributed by atoms with Crippen molar-refractivity contribution in [2.75, 3.05) is 5.73 Å². The Bertz CT molecular complexity index is 469. The smallest absolute Gasteiger partial charge is 0.341 e. The normalized spacial score (nSPS) is 16.9. The topological polar surface area (TPSA) is 52.3 Å². The summed E-state index contributed by atoms with van der Waals surface area (Å²) in [6.07, 6.45) is 5.61. The van der Waals surface area contributed by atoms with E-state index in [0.717, 1.165) is 50.7 Å². The Balaban J connectivity index is 2.08. The van der Waals surface area contributed by atoms with Crippen LogP contribution in [-0.4, -0.2) is 12.1 Å². The second kappa shape index (κ2) is 5.99. The average molecular weight is 269 g/mol. The Morgan fingerprint density at radius 1 is 1.11 bits per heavy atom. The molecule has 0 amide bonds. The number of hydrogen-bond donors (Lipinski definition) is 1. The van der Waals surface area contributed by atoms with E-state index in [2.05, 4.69) is 0 Å². The molecule has 1 fully saturated rings. The third kappa shape index (κ3) is 3.43. The predicted octanol–water partition coefficient (Wildman–Crippen LogP) is 3.43. The first kappa shape index (κ1) is 13.8. The second-order valence-corrected chi connectivity index (χ2v) is 4.87. The van der Waals surface area contributed by atoms with E-state index in [0.29, 0.717) is 0 Å². The molecule has 0 saturated heterocycles. The number of nitrogen functional groups attached to an aromatic ring is 1. The van der Waals surface area contributed by atoms with Gasteiger partial charge in [0, 0.05) is 6.07 Å². The summed E-state index contributed by atoms with van der Waals surface area (Å²) in [6.45, 7) is 0. The van der Waals surface area contributed by atoms with Crippen molar-refractivity contribution in [3.63, 3.8) is 0 Å². The Hall–Kier alpha value is -1.65. The van der Waals surface area contributed by atoms with Crippen LogP contribution in [0.4, 0.5) is 14.5 Å². The third-order valence-electron chi connectivity index (χ3n) is 3.38. The van der Waals surface area contributed by atoms with Gasteiger partial charge in [-0.15, -0.1) is 0 Å². The number of nitrogens with two attached hydrogens (primary N) is 1. The average Bonchev–Trinajstić information content (AvgIpc) is 2.62. The van der Waals surface area contributed by atoms with Gasteiger partial charge in [-0.05, 0) is 31.7 Å². The predicted molar refractivity (Wildman–Crippen MR) is 67.7 cm³/mol. The fraction of sp³-hybridized carbons (Fsp3) is 0.500. The number of rotatable bonds is 2. The molecule has 2 rings (SSSR count). The minimum absolute atomic E-state index is 0.199. The van der Waals surface area contributed by atoms with Crippen LogP contribution >= 0.6 is 0 Å². The monoisotopic (exact) mass is 269 g/mol. The second-order valence-electron chi connectivity index (χ2n) is 4.87. The molecule has 0 atom stereocenters. The molecule has 1 aromatic rings. The number of carbonyl (C=O) groups is 1. The largest absolute Gasteiger partial charge is 0.459 e. The molecule has 2 N–H and O–H groups in total. The molecule has 1 aromatic carbocycles. The lowest BCUT2D eigenvalue weighted by Crippen LogP contribution is -2.19. The summed E-state index contributed by atoms with van der Waals surface area (Å²) < 4.78 is 32.1. The Morgan fingerprint density at radius 2 is 1.74 bits per heavy atom. The Kier molecular flexibility index (Phi) is 4.35. The van der Waals surface area contributed by atoms with Gasteiger partial charge in [-0.1, -0.05) is 12.8 Å². The van der Waals surface area contributed by atoms with Crippen molar-refractivity contribution in [3.8, 4) is 0 Å². The molecule has 1 aliphatic carbocycles. The summed E-state index contributed by atoms with van der Waals surface area (Å²) in [6, 6.07) is 1.60. The first-order valence-corrected chi connectivity index (χ1v) is 6.53. The lowest BCUT2D eigenvalue weighted by molar-refractivity contribution is 0.0261. The first-order chi connectivity index (χ1) is 9.08. The SMILES string of the molecule is Nc1cc(F)c(C(=O)OC2CCCCCC2)cc1F. The van der Waals surface area contributed by atoms with Gasteiger partial charge in [0.25, 0.3) is 0 Å². The van der Waals surface area contributed by atoms with Crippen LogP contribution in [-0.2, 0) is 4.74 Å². The summed E-state index contributed by atoms with van der Waals surface area (Å²) in [5.41, 5.74) is 4.52. The maximum Gasteiger partial charge on any atom is 0.341 e. The Labute approximate surface area is 110 Å². The van der Waals surface area contributed by atoms with Crippen molar-refractivity contribution in [2.24, 2.45) is 0 Å². The van der Waals surface area contributed by atoms with E-state index in [1.807, 2.05) is 0 Å². The van der Waals surface area contributed by atoms with Crippen LogP contribution < -0.4 is 5.73 Å². The third-order valence-corrected chi connectivity index (χ3v) is 3.38. The van der Waals surface area contributed by atoms with E-state index >= 15 is 0 Å². The van der Waals surface area contributed by atoms with Crippen molar-refractivity contribution < 1.29 is 18.3 Å². The van der Waals surface area contributed by atoms with Crippen molar-refractivity contribution in [1.82, 2.24) is 0 Å². The maximum absolute atomic E-state index is 13.6. The van der Waals surface area contributed by atoms with Crippen molar-refractivity contribution in [3.05, 3.63) is 29.3 Å². The number of benzene rings is 1. The summed E-state index contributed by atoms with van der Waals surface area (Å²) in [5.74, 6) is -2.48. The molecule has 0 unspecified atom stereocenters. The highest BCUT2D eigenvalue weighted by Gasteiger charge is 2.21. The van der Waals surface area contributed by atoms with E-state index in [4.69, 9.17) is 10.5 Å². The summed E-state index contributed by atoms with van der Waals surface area (Å²) in [4.78, 5) is 11.8. The van der Waals surface area contributed by atoms with Gasteiger partial charge in [-0.3, -0.25) is 0 Å². The number of hydrogen-bond acceptors (Lipinski definition) is 3. The molecule has 0 radical (unpaired) electrons. The zero-order valence-corrected chi connectivity index (χ0v) is 10.6. The fourth-order valence-corrected chi connectivity index (χ4v) is 2.29. The summed E-state index contributed by atoms with van der Waals surface area (Å²) in [7, 11) is 0. The van der Waals surface area contributed by atoms with E-state index in [1.165, 1.54) is 0 Å². The van der Waals surface area contributed by atoms with Crippen LogP contribution in [0.1, 0.15) is 48.9 Å². The van der Waals surface area contributed by atoms with Crippen LogP contribution in [0, 0.1) is 11.6 Å². The van der Waals surface area contributed by atoms with Crippen LogP contribution in [0.5, 0.6) is 0 Å². The number of ether oxygens (including phenoxy) is 1. The molecule has 1 aliphatic rings. The molecule has 0 aromatic heterocycles. The highest BCUT2D eigenvalue weighted by atomic mass is 19.1. The molecule has 19 heavy (non-hydrogen) atoms. The van der Waals surface area contributed by atoms with Crippen molar-refractivity contribution in [2.45, 2.75) is 44.6 Å². The molecule has 1 saturated carbocycles. The van der Waals surface area contributed by atoms with E-state index in [-0.39, 0.29) is 11.8 Å². The minimum Gasteiger partial charge on any atom is -0.459 e. The van der Waals surface area contributed by atoms with Gasteiger partial charge >= 0.3 is 5.97 Å². The quantitative estimate of drug-likeness (QED) is 0.508. The number of carbonyl (C=O) groups excluding carboxylic acids is 1. The zero-order chi connectivity index (χ0) is 13.8. The van der Waals surface area contributed by atoms with Gasteiger partial charge in [0.2, 0.25) is 0 Å². The van der Waals surface area contributed by atoms with Gasteiger partial charge < -0.3 is 10.5 Å². The molecule has 0 bridgehead atoms. The number of halogens is 2. The molecule has 0 spiro atoms. The van der Waals surface area contributed by atoms with Crippen molar-refractivity contribution >= 4 is 11.7 Å². The summed E-state index contributed by atoms with van der Waals surface area (Å²) >= 11 is 0. The van der Waals surface area contributed by atoms with Crippen LogP contribution in [0.15, 0.2) is 12.1 Å². The van der Waals surface area contributed by atoms with E-state index < -0.39 is 23.2 Å². The lowest BCUT2D eigenvalue weighted by atomic mass is 10.1.